The zero-order valence-corrected chi connectivity index (χ0v) is 22.8. The lowest BCUT2D eigenvalue weighted by Gasteiger charge is -2.09. The summed E-state index contributed by atoms with van der Waals surface area (Å²) in [4.78, 5) is 22.3. The second-order valence-electron chi connectivity index (χ2n) is 7.82. The molecule has 0 heterocycles. The molecular formula is C24H46O13. The van der Waals surface area contributed by atoms with Crippen molar-refractivity contribution in [2.75, 3.05) is 106 Å². The second kappa shape index (κ2) is 27.3. The van der Waals surface area contributed by atoms with E-state index in [-0.39, 0.29) is 38.6 Å². The molecule has 220 valence electrons. The molecule has 0 aromatic heterocycles. The van der Waals surface area contributed by atoms with Gasteiger partial charge in [-0.1, -0.05) is 0 Å². The van der Waals surface area contributed by atoms with Crippen LogP contribution in [-0.4, -0.2) is 130 Å². The van der Waals surface area contributed by atoms with Crippen LogP contribution in [-0.2, 0) is 52.1 Å². The third-order valence-corrected chi connectivity index (χ3v) is 3.79. The molecule has 0 amide bonds. The maximum absolute atomic E-state index is 11.1. The van der Waals surface area contributed by atoms with E-state index in [0.717, 1.165) is 0 Å². The summed E-state index contributed by atoms with van der Waals surface area (Å²) in [6.45, 7) is 13.2. The van der Waals surface area contributed by atoms with Gasteiger partial charge in [0.2, 0.25) is 0 Å². The monoisotopic (exact) mass is 542 g/mol. The first-order valence-corrected chi connectivity index (χ1v) is 12.6. The maximum atomic E-state index is 11.1. The quantitative estimate of drug-likeness (QED) is 0.117. The van der Waals surface area contributed by atoms with Crippen LogP contribution >= 0.6 is 0 Å². The third kappa shape index (κ3) is 30.4. The highest BCUT2D eigenvalue weighted by atomic mass is 16.7. The SMILES string of the molecule is CC(C)OC(=O)OCCOCCOCCOCCOCCOCCOCCOCCOC(=O)OC(C)C. The first-order chi connectivity index (χ1) is 17.9. The van der Waals surface area contributed by atoms with E-state index in [0.29, 0.717) is 79.3 Å². The van der Waals surface area contributed by atoms with Crippen molar-refractivity contribution in [1.29, 1.82) is 0 Å². The van der Waals surface area contributed by atoms with Crippen LogP contribution in [0, 0.1) is 0 Å². The van der Waals surface area contributed by atoms with E-state index in [1.807, 2.05) is 0 Å². The van der Waals surface area contributed by atoms with E-state index >= 15 is 0 Å². The van der Waals surface area contributed by atoms with Gasteiger partial charge in [0.05, 0.1) is 105 Å². The minimum absolute atomic E-state index is 0.140. The Morgan fingerprint density at radius 3 is 0.757 bits per heavy atom. The van der Waals surface area contributed by atoms with Crippen LogP contribution in [0.2, 0.25) is 0 Å². The fourth-order valence-electron chi connectivity index (χ4n) is 2.24. The summed E-state index contributed by atoms with van der Waals surface area (Å²) < 4.78 is 56.8. The summed E-state index contributed by atoms with van der Waals surface area (Å²) in [5.41, 5.74) is 0. The van der Waals surface area contributed by atoms with Crippen molar-refractivity contribution in [3.8, 4) is 0 Å². The highest BCUT2D eigenvalue weighted by Gasteiger charge is 2.06. The molecule has 0 aliphatic rings. The van der Waals surface area contributed by atoms with Crippen molar-refractivity contribution >= 4 is 12.3 Å². The number of hydrogen-bond donors (Lipinski definition) is 0. The van der Waals surface area contributed by atoms with Crippen molar-refractivity contribution < 1.29 is 61.7 Å². The summed E-state index contributed by atoms with van der Waals surface area (Å²) >= 11 is 0. The van der Waals surface area contributed by atoms with Crippen LogP contribution in [0.3, 0.4) is 0 Å². The van der Waals surface area contributed by atoms with Crippen LogP contribution in [0.25, 0.3) is 0 Å². The van der Waals surface area contributed by atoms with Gasteiger partial charge in [-0.2, -0.15) is 0 Å². The van der Waals surface area contributed by atoms with E-state index in [9.17, 15) is 9.59 Å². The molecule has 0 spiro atoms. The molecule has 0 aromatic carbocycles. The Hall–Kier alpha value is -1.74. The molecule has 0 fully saturated rings. The van der Waals surface area contributed by atoms with E-state index in [2.05, 4.69) is 0 Å². The molecule has 0 aliphatic carbocycles. The highest BCUT2D eigenvalue weighted by molar-refractivity contribution is 5.60. The first kappa shape index (κ1) is 35.3. The number of ether oxygens (including phenoxy) is 11. The average Bonchev–Trinajstić information content (AvgIpc) is 2.83. The van der Waals surface area contributed by atoms with Crippen molar-refractivity contribution in [1.82, 2.24) is 0 Å². The van der Waals surface area contributed by atoms with E-state index in [4.69, 9.17) is 52.1 Å². The van der Waals surface area contributed by atoms with Gasteiger partial charge in [0.15, 0.2) is 0 Å². The molecule has 0 unspecified atom stereocenters. The van der Waals surface area contributed by atoms with Gasteiger partial charge < -0.3 is 52.1 Å². The molecular weight excluding hydrogens is 496 g/mol. The largest absolute Gasteiger partial charge is 0.508 e. The lowest BCUT2D eigenvalue weighted by molar-refractivity contribution is -0.0257. The van der Waals surface area contributed by atoms with E-state index in [1.54, 1.807) is 27.7 Å². The standard InChI is InChI=1S/C24H46O13/c1-21(2)36-23(25)34-19-17-32-15-13-30-11-9-28-7-5-27-6-8-29-10-12-31-14-16-33-18-20-35-24(26)37-22(3)4/h21-22H,5-20H2,1-4H3. The average molecular weight is 543 g/mol. The molecule has 0 saturated carbocycles. The number of carbonyl (C=O) groups is 2. The van der Waals surface area contributed by atoms with Crippen molar-refractivity contribution in [3.63, 3.8) is 0 Å². The summed E-state index contributed by atoms with van der Waals surface area (Å²) in [5.74, 6) is 0. The number of hydrogen-bond acceptors (Lipinski definition) is 13. The predicted molar refractivity (Wildman–Crippen MR) is 131 cm³/mol. The van der Waals surface area contributed by atoms with Crippen LogP contribution < -0.4 is 0 Å². The second-order valence-corrected chi connectivity index (χ2v) is 7.82. The molecule has 0 aromatic rings. The number of rotatable bonds is 26. The van der Waals surface area contributed by atoms with Crippen LogP contribution in [0.1, 0.15) is 27.7 Å². The van der Waals surface area contributed by atoms with Crippen molar-refractivity contribution in [2.45, 2.75) is 39.9 Å². The van der Waals surface area contributed by atoms with Gasteiger partial charge in [-0.25, -0.2) is 9.59 Å². The molecule has 0 N–H and O–H groups in total. The summed E-state index contributed by atoms with van der Waals surface area (Å²) in [6.07, 6.45) is -1.80. The Morgan fingerprint density at radius 2 is 0.568 bits per heavy atom. The van der Waals surface area contributed by atoms with Gasteiger partial charge in [0, 0.05) is 0 Å². The van der Waals surface area contributed by atoms with Gasteiger partial charge >= 0.3 is 12.3 Å². The van der Waals surface area contributed by atoms with Crippen LogP contribution in [0.4, 0.5) is 9.59 Å². The van der Waals surface area contributed by atoms with Gasteiger partial charge in [-0.3, -0.25) is 0 Å². The molecule has 0 aliphatic heterocycles. The molecule has 0 bridgehead atoms. The molecule has 37 heavy (non-hydrogen) atoms. The minimum Gasteiger partial charge on any atom is -0.432 e. The summed E-state index contributed by atoms with van der Waals surface area (Å²) in [6, 6.07) is 0. The fraction of sp³-hybridized carbons (Fsp3) is 0.917. The van der Waals surface area contributed by atoms with Gasteiger partial charge in [0.1, 0.15) is 13.2 Å². The lowest BCUT2D eigenvalue weighted by atomic mass is 10.5. The molecule has 13 heteroatoms. The number of carbonyl (C=O) groups excluding carboxylic acids is 2. The Bertz CT molecular complexity index is 473. The van der Waals surface area contributed by atoms with Crippen LogP contribution in [0.15, 0.2) is 0 Å². The lowest BCUT2D eigenvalue weighted by Crippen LogP contribution is -2.17. The Morgan fingerprint density at radius 1 is 0.378 bits per heavy atom. The van der Waals surface area contributed by atoms with E-state index < -0.39 is 12.3 Å². The smallest absolute Gasteiger partial charge is 0.432 e. The highest BCUT2D eigenvalue weighted by Crippen LogP contribution is 1.94. The van der Waals surface area contributed by atoms with Gasteiger partial charge in [-0.15, -0.1) is 0 Å². The molecule has 0 radical (unpaired) electrons. The molecule has 0 atom stereocenters. The molecule has 0 rings (SSSR count). The normalized spacial score (nSPS) is 11.2. The third-order valence-electron chi connectivity index (χ3n) is 3.79. The Kier molecular flexibility index (Phi) is 26.0. The fourth-order valence-corrected chi connectivity index (χ4v) is 2.24. The minimum atomic E-state index is -0.695. The molecule has 13 nitrogen and oxygen atoms in total. The zero-order chi connectivity index (χ0) is 27.4. The van der Waals surface area contributed by atoms with Gasteiger partial charge in [-0.05, 0) is 27.7 Å². The Balaban J connectivity index is 3.12. The molecule has 0 saturated heterocycles. The zero-order valence-electron chi connectivity index (χ0n) is 22.8. The van der Waals surface area contributed by atoms with Crippen LogP contribution in [0.5, 0.6) is 0 Å². The summed E-state index contributed by atoms with van der Waals surface area (Å²) in [7, 11) is 0. The van der Waals surface area contributed by atoms with Gasteiger partial charge in [0.25, 0.3) is 0 Å². The van der Waals surface area contributed by atoms with E-state index in [1.165, 1.54) is 0 Å². The van der Waals surface area contributed by atoms with Crippen molar-refractivity contribution in [2.24, 2.45) is 0 Å². The van der Waals surface area contributed by atoms with Crippen molar-refractivity contribution in [3.05, 3.63) is 0 Å². The predicted octanol–water partition coefficient (Wildman–Crippen LogP) is 2.23. The Labute approximate surface area is 220 Å². The summed E-state index contributed by atoms with van der Waals surface area (Å²) in [5, 5.41) is 0. The maximum Gasteiger partial charge on any atom is 0.508 e. The first-order valence-electron chi connectivity index (χ1n) is 12.6. The topological polar surface area (TPSA) is 136 Å².